The second kappa shape index (κ2) is 7.69. The number of nitro benzene ring substituents is 1. The first-order valence-electron chi connectivity index (χ1n) is 6.96. The average Bonchev–Trinajstić information content (AvgIpc) is 2.56. The van der Waals surface area contributed by atoms with Crippen LogP contribution in [0, 0.1) is 10.1 Å². The maximum Gasteiger partial charge on any atom is 0.270 e. The van der Waals surface area contributed by atoms with Crippen molar-refractivity contribution in [3.8, 4) is 0 Å². The van der Waals surface area contributed by atoms with Crippen molar-refractivity contribution < 1.29 is 14.5 Å². The monoisotopic (exact) mass is 391 g/mol. The molecule has 3 N–H and O–H groups in total. The van der Waals surface area contributed by atoms with E-state index in [1.807, 2.05) is 12.1 Å². The number of hydrogen-bond acceptors (Lipinski definition) is 4. The first kappa shape index (κ1) is 17.6. The average molecular weight is 392 g/mol. The molecule has 8 heteroatoms. The Bertz CT molecular complexity index is 794. The first-order chi connectivity index (χ1) is 11.4. The molecule has 2 aromatic carbocycles. The van der Waals surface area contributed by atoms with Gasteiger partial charge in [-0.2, -0.15) is 0 Å². The fourth-order valence-electron chi connectivity index (χ4n) is 2.11. The molecule has 124 valence electrons. The van der Waals surface area contributed by atoms with Crippen molar-refractivity contribution >= 4 is 33.4 Å². The van der Waals surface area contributed by atoms with Crippen LogP contribution in [0.25, 0.3) is 0 Å². The van der Waals surface area contributed by atoms with Gasteiger partial charge in [-0.1, -0.05) is 40.2 Å². The molecular weight excluding hydrogens is 378 g/mol. The van der Waals surface area contributed by atoms with Crippen LogP contribution in [0.3, 0.4) is 0 Å². The van der Waals surface area contributed by atoms with Gasteiger partial charge in [-0.25, -0.2) is 0 Å². The van der Waals surface area contributed by atoms with Crippen molar-refractivity contribution in [2.24, 2.45) is 5.73 Å². The molecule has 0 aliphatic heterocycles. The molecule has 0 spiro atoms. The molecule has 2 amide bonds. The number of hydrogen-bond donors (Lipinski definition) is 2. The third-order valence-corrected chi connectivity index (χ3v) is 4.12. The summed E-state index contributed by atoms with van der Waals surface area (Å²) in [6.45, 7) is 0. The maximum atomic E-state index is 12.3. The van der Waals surface area contributed by atoms with E-state index >= 15 is 0 Å². The van der Waals surface area contributed by atoms with Crippen molar-refractivity contribution in [3.05, 3.63) is 74.2 Å². The number of nitrogens with one attached hydrogen (secondary N) is 1. The number of rotatable bonds is 6. The maximum absolute atomic E-state index is 12.3. The van der Waals surface area contributed by atoms with Gasteiger partial charge in [0.05, 0.1) is 4.92 Å². The summed E-state index contributed by atoms with van der Waals surface area (Å²) in [5.74, 6) is -1.29. The summed E-state index contributed by atoms with van der Waals surface area (Å²) in [6.07, 6.45) is 0.206. The minimum Gasteiger partial charge on any atom is -0.368 e. The summed E-state index contributed by atoms with van der Waals surface area (Å²) in [6, 6.07) is 11.6. The molecule has 0 aromatic heterocycles. The molecule has 0 fully saturated rings. The van der Waals surface area contributed by atoms with E-state index < -0.39 is 22.8 Å². The van der Waals surface area contributed by atoms with Gasteiger partial charge in [-0.15, -0.1) is 0 Å². The summed E-state index contributed by atoms with van der Waals surface area (Å²) >= 11 is 3.37. The van der Waals surface area contributed by atoms with Crippen LogP contribution in [0.2, 0.25) is 0 Å². The molecule has 0 saturated heterocycles. The first-order valence-corrected chi connectivity index (χ1v) is 7.76. The van der Waals surface area contributed by atoms with Crippen LogP contribution in [0.4, 0.5) is 5.69 Å². The largest absolute Gasteiger partial charge is 0.368 e. The van der Waals surface area contributed by atoms with Gasteiger partial charge in [-0.3, -0.25) is 19.7 Å². The number of primary amides is 1. The Labute approximate surface area is 146 Å². The molecule has 7 nitrogen and oxygen atoms in total. The predicted molar refractivity (Wildman–Crippen MR) is 91.4 cm³/mol. The van der Waals surface area contributed by atoms with Crippen molar-refractivity contribution in [2.45, 2.75) is 12.5 Å². The second-order valence-electron chi connectivity index (χ2n) is 5.03. The van der Waals surface area contributed by atoms with Crippen molar-refractivity contribution in [1.29, 1.82) is 0 Å². The minimum atomic E-state index is -0.935. The Morgan fingerprint density at radius 2 is 1.92 bits per heavy atom. The summed E-state index contributed by atoms with van der Waals surface area (Å²) < 4.78 is 0.792. The van der Waals surface area contributed by atoms with E-state index in [4.69, 9.17) is 5.73 Å². The lowest BCUT2D eigenvalue weighted by Crippen LogP contribution is -2.45. The molecule has 0 radical (unpaired) electrons. The van der Waals surface area contributed by atoms with Crippen LogP contribution >= 0.6 is 15.9 Å². The third kappa shape index (κ3) is 4.39. The normalized spacial score (nSPS) is 11.5. The molecule has 1 atom stereocenters. The zero-order chi connectivity index (χ0) is 17.7. The molecule has 2 aromatic rings. The van der Waals surface area contributed by atoms with Gasteiger partial charge in [0.25, 0.3) is 11.6 Å². The third-order valence-electron chi connectivity index (χ3n) is 3.35. The van der Waals surface area contributed by atoms with E-state index in [9.17, 15) is 19.7 Å². The number of halogens is 1. The number of nitro groups is 1. The van der Waals surface area contributed by atoms with Gasteiger partial charge in [0, 0.05) is 28.6 Å². The fraction of sp³-hybridized carbons (Fsp3) is 0.125. The molecule has 24 heavy (non-hydrogen) atoms. The highest BCUT2D eigenvalue weighted by Crippen LogP contribution is 2.18. The standard InChI is InChI=1S/C16H14BrN3O4/c17-13-7-2-1-4-10(13)9-14(15(18)21)19-16(22)11-5-3-6-12(8-11)20(23)24/h1-8,14H,9H2,(H2,18,21)(H,19,22)/t14-/m0/s1. The van der Waals surface area contributed by atoms with E-state index in [1.54, 1.807) is 12.1 Å². The lowest BCUT2D eigenvalue weighted by Gasteiger charge is -2.16. The number of nitrogens with two attached hydrogens (primary N) is 1. The molecule has 0 unspecified atom stereocenters. The van der Waals surface area contributed by atoms with E-state index in [0.717, 1.165) is 16.1 Å². The molecule has 0 heterocycles. The number of carbonyl (C=O) groups excluding carboxylic acids is 2. The van der Waals surface area contributed by atoms with Crippen LogP contribution < -0.4 is 11.1 Å². The molecule has 0 bridgehead atoms. The van der Waals surface area contributed by atoms with Gasteiger partial charge in [0.2, 0.25) is 5.91 Å². The molecule has 2 rings (SSSR count). The lowest BCUT2D eigenvalue weighted by atomic mass is 10.0. The molecule has 0 aliphatic carbocycles. The SMILES string of the molecule is NC(=O)[C@H](Cc1ccccc1Br)NC(=O)c1cccc([N+](=O)[O-])c1. The highest BCUT2D eigenvalue weighted by atomic mass is 79.9. The molecule has 0 aliphatic rings. The van der Waals surface area contributed by atoms with Gasteiger partial charge in [0.1, 0.15) is 6.04 Å². The molecular formula is C16H14BrN3O4. The topological polar surface area (TPSA) is 115 Å². The van der Waals surface area contributed by atoms with Gasteiger partial charge in [-0.05, 0) is 17.7 Å². The second-order valence-corrected chi connectivity index (χ2v) is 5.89. The van der Waals surface area contributed by atoms with Crippen LogP contribution in [-0.2, 0) is 11.2 Å². The number of nitrogens with zero attached hydrogens (tertiary/aromatic N) is 1. The van der Waals surface area contributed by atoms with E-state index in [1.165, 1.54) is 18.2 Å². The Morgan fingerprint density at radius 1 is 1.21 bits per heavy atom. The minimum absolute atomic E-state index is 0.0857. The van der Waals surface area contributed by atoms with Crippen molar-refractivity contribution in [2.75, 3.05) is 0 Å². The van der Waals surface area contributed by atoms with E-state index in [2.05, 4.69) is 21.2 Å². The van der Waals surface area contributed by atoms with Crippen molar-refractivity contribution in [1.82, 2.24) is 5.32 Å². The van der Waals surface area contributed by atoms with Crippen LogP contribution in [-0.4, -0.2) is 22.8 Å². The number of carbonyl (C=O) groups is 2. The zero-order valence-electron chi connectivity index (χ0n) is 12.4. The van der Waals surface area contributed by atoms with Crippen LogP contribution in [0.5, 0.6) is 0 Å². The molecule has 0 saturated carbocycles. The predicted octanol–water partition coefficient (Wildman–Crippen LogP) is 2.18. The van der Waals surface area contributed by atoms with E-state index in [-0.39, 0.29) is 17.7 Å². The smallest absolute Gasteiger partial charge is 0.270 e. The summed E-state index contributed by atoms with van der Waals surface area (Å²) in [4.78, 5) is 34.1. The van der Waals surface area contributed by atoms with Gasteiger partial charge >= 0.3 is 0 Å². The number of non-ortho nitro benzene ring substituents is 1. The van der Waals surface area contributed by atoms with Crippen LogP contribution in [0.15, 0.2) is 53.0 Å². The zero-order valence-corrected chi connectivity index (χ0v) is 14.0. The Kier molecular flexibility index (Phi) is 5.64. The fourth-order valence-corrected chi connectivity index (χ4v) is 2.56. The number of amides is 2. The highest BCUT2D eigenvalue weighted by molar-refractivity contribution is 9.10. The Hall–Kier alpha value is -2.74. The quantitative estimate of drug-likeness (QED) is 0.579. The number of benzene rings is 2. The summed E-state index contributed by atoms with van der Waals surface area (Å²) in [5.41, 5.74) is 6.05. The van der Waals surface area contributed by atoms with Crippen LogP contribution in [0.1, 0.15) is 15.9 Å². The summed E-state index contributed by atoms with van der Waals surface area (Å²) in [5, 5.41) is 13.3. The van der Waals surface area contributed by atoms with Crippen molar-refractivity contribution in [3.63, 3.8) is 0 Å². The Balaban J connectivity index is 2.17. The summed E-state index contributed by atoms with van der Waals surface area (Å²) in [7, 11) is 0. The van der Waals surface area contributed by atoms with Gasteiger partial charge < -0.3 is 11.1 Å². The highest BCUT2D eigenvalue weighted by Gasteiger charge is 2.21. The lowest BCUT2D eigenvalue weighted by molar-refractivity contribution is -0.384. The van der Waals surface area contributed by atoms with E-state index in [0.29, 0.717) is 0 Å². The van der Waals surface area contributed by atoms with Gasteiger partial charge in [0.15, 0.2) is 0 Å². The Morgan fingerprint density at radius 3 is 2.54 bits per heavy atom.